The predicted octanol–water partition coefficient (Wildman–Crippen LogP) is 3.13. The molecule has 108 valence electrons. The summed E-state index contributed by atoms with van der Waals surface area (Å²) >= 11 is 0. The van der Waals surface area contributed by atoms with Gasteiger partial charge in [0.15, 0.2) is 0 Å². The molecule has 0 aliphatic heterocycles. The molecule has 0 spiro atoms. The van der Waals surface area contributed by atoms with Gasteiger partial charge in [0.2, 0.25) is 0 Å². The van der Waals surface area contributed by atoms with Crippen LogP contribution >= 0.6 is 0 Å². The van der Waals surface area contributed by atoms with E-state index < -0.39 is 0 Å². The largest absolute Gasteiger partial charge is 0.313 e. The number of rotatable bonds is 4. The third-order valence-electron chi connectivity index (χ3n) is 5.83. The molecule has 4 aliphatic rings. The van der Waals surface area contributed by atoms with E-state index >= 15 is 0 Å². The maximum Gasteiger partial charge on any atom is 0.131 e. The molecule has 0 atom stereocenters. The number of hydrogen-bond acceptors (Lipinski definition) is 3. The Morgan fingerprint density at radius 2 is 1.60 bits per heavy atom. The quantitative estimate of drug-likeness (QED) is 0.914. The standard InChI is InChI=1S/C17H25N3/c1-2-18-8-13-9-19-17(20-10-13)16-14-4-11-3-12(6-14)7-15(16)5-11/h9-12,14-16,18H,2-8H2,1H3. The van der Waals surface area contributed by atoms with Crippen LogP contribution in [0.15, 0.2) is 12.4 Å². The summed E-state index contributed by atoms with van der Waals surface area (Å²) in [6, 6.07) is 0. The molecule has 0 aromatic carbocycles. The first-order chi connectivity index (χ1) is 9.83. The van der Waals surface area contributed by atoms with Crippen LogP contribution in [0.2, 0.25) is 0 Å². The molecule has 1 heterocycles. The highest BCUT2D eigenvalue weighted by Gasteiger charge is 2.49. The van der Waals surface area contributed by atoms with Gasteiger partial charge >= 0.3 is 0 Å². The Hall–Kier alpha value is -0.960. The van der Waals surface area contributed by atoms with Crippen molar-refractivity contribution in [1.29, 1.82) is 0 Å². The molecule has 1 aromatic rings. The Labute approximate surface area is 121 Å². The van der Waals surface area contributed by atoms with E-state index in [9.17, 15) is 0 Å². The number of nitrogens with one attached hydrogen (secondary N) is 1. The van der Waals surface area contributed by atoms with Gasteiger partial charge in [-0.15, -0.1) is 0 Å². The van der Waals surface area contributed by atoms with E-state index in [1.165, 1.54) is 37.7 Å². The van der Waals surface area contributed by atoms with Gasteiger partial charge < -0.3 is 5.32 Å². The fraction of sp³-hybridized carbons (Fsp3) is 0.765. The monoisotopic (exact) mass is 271 g/mol. The Morgan fingerprint density at radius 3 is 2.15 bits per heavy atom. The van der Waals surface area contributed by atoms with Crippen molar-refractivity contribution in [2.45, 2.75) is 51.5 Å². The lowest BCUT2D eigenvalue weighted by atomic mass is 9.51. The minimum atomic E-state index is 0.663. The first kappa shape index (κ1) is 12.8. The molecule has 20 heavy (non-hydrogen) atoms. The molecule has 4 aliphatic carbocycles. The van der Waals surface area contributed by atoms with Gasteiger partial charge in [0.05, 0.1) is 0 Å². The number of hydrogen-bond donors (Lipinski definition) is 1. The van der Waals surface area contributed by atoms with Crippen molar-refractivity contribution >= 4 is 0 Å². The minimum absolute atomic E-state index is 0.663. The summed E-state index contributed by atoms with van der Waals surface area (Å²) in [5, 5.41) is 3.34. The van der Waals surface area contributed by atoms with Crippen LogP contribution < -0.4 is 5.32 Å². The fourth-order valence-corrected chi connectivity index (χ4v) is 5.24. The van der Waals surface area contributed by atoms with Gasteiger partial charge in [-0.3, -0.25) is 0 Å². The number of nitrogens with zero attached hydrogens (tertiary/aromatic N) is 2. The Kier molecular flexibility index (Phi) is 3.25. The summed E-state index contributed by atoms with van der Waals surface area (Å²) in [6.45, 7) is 4.01. The molecule has 0 radical (unpaired) electrons. The van der Waals surface area contributed by atoms with E-state index in [2.05, 4.69) is 12.2 Å². The molecule has 4 saturated carbocycles. The van der Waals surface area contributed by atoms with Crippen LogP contribution in [0.4, 0.5) is 0 Å². The van der Waals surface area contributed by atoms with Crippen molar-refractivity contribution in [2.24, 2.45) is 23.7 Å². The van der Waals surface area contributed by atoms with Crippen molar-refractivity contribution in [3.05, 3.63) is 23.8 Å². The highest BCUT2D eigenvalue weighted by Crippen LogP contribution is 2.59. The van der Waals surface area contributed by atoms with E-state index in [0.717, 1.165) is 42.6 Å². The lowest BCUT2D eigenvalue weighted by molar-refractivity contribution is -0.00567. The minimum Gasteiger partial charge on any atom is -0.313 e. The molecule has 5 rings (SSSR count). The summed E-state index contributed by atoms with van der Waals surface area (Å²) in [6.07, 6.45) is 11.4. The third kappa shape index (κ3) is 2.16. The zero-order valence-corrected chi connectivity index (χ0v) is 12.4. The SMILES string of the molecule is CCNCc1cnc(C2C3CC4CC(C3)CC2C4)nc1. The molecular weight excluding hydrogens is 246 g/mol. The van der Waals surface area contributed by atoms with E-state index in [1.54, 1.807) is 0 Å². The maximum absolute atomic E-state index is 4.73. The van der Waals surface area contributed by atoms with Crippen molar-refractivity contribution in [2.75, 3.05) is 6.54 Å². The topological polar surface area (TPSA) is 37.8 Å². The van der Waals surface area contributed by atoms with Gasteiger partial charge in [-0.2, -0.15) is 0 Å². The lowest BCUT2D eigenvalue weighted by Gasteiger charge is -2.53. The molecule has 3 nitrogen and oxygen atoms in total. The molecule has 3 heteroatoms. The summed E-state index contributed by atoms with van der Waals surface area (Å²) in [7, 11) is 0. The van der Waals surface area contributed by atoms with E-state index in [-0.39, 0.29) is 0 Å². The van der Waals surface area contributed by atoms with Crippen LogP contribution in [0, 0.1) is 23.7 Å². The van der Waals surface area contributed by atoms with Gasteiger partial charge in [-0.25, -0.2) is 9.97 Å². The third-order valence-corrected chi connectivity index (χ3v) is 5.83. The van der Waals surface area contributed by atoms with Gasteiger partial charge in [-0.1, -0.05) is 6.92 Å². The van der Waals surface area contributed by atoms with Crippen LogP contribution in [0.25, 0.3) is 0 Å². The summed E-state index contributed by atoms with van der Waals surface area (Å²) < 4.78 is 0. The summed E-state index contributed by atoms with van der Waals surface area (Å²) in [4.78, 5) is 9.45. The normalized spacial score (nSPS) is 38.4. The van der Waals surface area contributed by atoms with Crippen molar-refractivity contribution in [3.63, 3.8) is 0 Å². The molecule has 0 saturated heterocycles. The molecule has 1 N–H and O–H groups in total. The Balaban J connectivity index is 1.52. The smallest absolute Gasteiger partial charge is 0.131 e. The van der Waals surface area contributed by atoms with Gasteiger partial charge in [-0.05, 0) is 62.3 Å². The summed E-state index contributed by atoms with van der Waals surface area (Å²) in [5.41, 5.74) is 1.21. The molecule has 0 unspecified atom stereocenters. The fourth-order valence-electron chi connectivity index (χ4n) is 5.24. The first-order valence-corrected chi connectivity index (χ1v) is 8.35. The highest BCUT2D eigenvalue weighted by molar-refractivity contribution is 5.13. The van der Waals surface area contributed by atoms with Gasteiger partial charge in [0.1, 0.15) is 5.82 Å². The van der Waals surface area contributed by atoms with Crippen LogP contribution in [0.3, 0.4) is 0 Å². The average Bonchev–Trinajstić information content (AvgIpc) is 2.45. The molecule has 0 amide bonds. The second-order valence-electron chi connectivity index (χ2n) is 7.19. The number of aromatic nitrogens is 2. The zero-order chi connectivity index (χ0) is 13.5. The highest BCUT2D eigenvalue weighted by atomic mass is 14.9. The Bertz CT molecular complexity index is 440. The van der Waals surface area contributed by atoms with Crippen LogP contribution in [0.1, 0.15) is 56.3 Å². The zero-order valence-electron chi connectivity index (χ0n) is 12.4. The van der Waals surface area contributed by atoms with Crippen LogP contribution in [-0.4, -0.2) is 16.5 Å². The first-order valence-electron chi connectivity index (χ1n) is 8.35. The molecule has 1 aromatic heterocycles. The van der Waals surface area contributed by atoms with Gasteiger partial charge in [0.25, 0.3) is 0 Å². The maximum atomic E-state index is 4.73. The second kappa shape index (κ2) is 5.10. The van der Waals surface area contributed by atoms with Crippen LogP contribution in [0.5, 0.6) is 0 Å². The Morgan fingerprint density at radius 1 is 1.00 bits per heavy atom. The second-order valence-corrected chi connectivity index (χ2v) is 7.19. The van der Waals surface area contributed by atoms with Crippen LogP contribution in [-0.2, 0) is 6.54 Å². The molecular formula is C17H25N3. The van der Waals surface area contributed by atoms with E-state index in [4.69, 9.17) is 9.97 Å². The van der Waals surface area contributed by atoms with Crippen molar-refractivity contribution < 1.29 is 0 Å². The lowest BCUT2D eigenvalue weighted by Crippen LogP contribution is -2.44. The van der Waals surface area contributed by atoms with Crippen molar-refractivity contribution in [3.8, 4) is 0 Å². The van der Waals surface area contributed by atoms with Gasteiger partial charge in [0, 0.05) is 30.4 Å². The average molecular weight is 271 g/mol. The van der Waals surface area contributed by atoms with E-state index in [0.29, 0.717) is 5.92 Å². The van der Waals surface area contributed by atoms with E-state index in [1.807, 2.05) is 12.4 Å². The van der Waals surface area contributed by atoms with Crippen molar-refractivity contribution in [1.82, 2.24) is 15.3 Å². The molecule has 4 bridgehead atoms. The predicted molar refractivity (Wildman–Crippen MR) is 79.2 cm³/mol. The summed E-state index contributed by atoms with van der Waals surface area (Å²) in [5.74, 6) is 5.62. The molecule has 4 fully saturated rings.